The van der Waals surface area contributed by atoms with E-state index in [1.807, 2.05) is 37.3 Å². The van der Waals surface area contributed by atoms with Crippen LogP contribution in [0, 0.1) is 34.0 Å². The molecule has 9 atom stereocenters. The molecule has 0 amide bonds. The normalized spacial score (nSPS) is 42.2. The average molecular weight is 584 g/mol. The number of alkyl halides is 2. The molecule has 1 N–H and O–H groups in total. The van der Waals surface area contributed by atoms with Gasteiger partial charge < -0.3 is 14.6 Å². The molecule has 4 fully saturated rings. The molecule has 6 rings (SSSR count). The van der Waals surface area contributed by atoms with E-state index in [0.29, 0.717) is 26.1 Å². The van der Waals surface area contributed by atoms with Gasteiger partial charge in [0, 0.05) is 31.0 Å². The number of ether oxygens (including phenoxy) is 2. The fraction of sp³-hybridized carbons (Fsp3) is 0.606. The number of aliphatic hydroxyl groups excluding tert-OH is 1. The number of likely N-dealkylation sites (tertiary alicyclic amines) is 1. The van der Waals surface area contributed by atoms with Crippen LogP contribution in [0.15, 0.2) is 54.1 Å². The van der Waals surface area contributed by atoms with Gasteiger partial charge in [-0.05, 0) is 73.6 Å². The summed E-state index contributed by atoms with van der Waals surface area (Å²) in [5.41, 5.74) is -4.44. The molecule has 0 bridgehead atoms. The summed E-state index contributed by atoms with van der Waals surface area (Å²) in [5.74, 6) is -2.13. The number of Topliss-reactive ketones (excluding diaryl/α,β-unsaturated/α-hetero) is 1. The van der Waals surface area contributed by atoms with E-state index in [0.717, 1.165) is 5.56 Å². The summed E-state index contributed by atoms with van der Waals surface area (Å²) in [7, 11) is 0. The minimum Gasteiger partial charge on any atom is -0.435 e. The highest BCUT2D eigenvalue weighted by atomic mass is 19.1. The van der Waals surface area contributed by atoms with Gasteiger partial charge in [-0.25, -0.2) is 13.6 Å². The van der Waals surface area contributed by atoms with E-state index in [4.69, 9.17) is 9.47 Å². The third-order valence-corrected chi connectivity index (χ3v) is 11.6. The SMILES string of the molecule is CCOC(=O)OCC(=O)[C@@]12CN(Cc3ccccc3)C[C@@H]1C[C@H]1[C@@H]3C[C@H](F)C4=CC(=O)C=C[C@]4(C)[C@@]3(F)[C@@H](O)C[C@@]12C. The van der Waals surface area contributed by atoms with Crippen LogP contribution in [0.3, 0.4) is 0 Å². The smallest absolute Gasteiger partial charge is 0.435 e. The van der Waals surface area contributed by atoms with Crippen molar-refractivity contribution in [2.24, 2.45) is 34.0 Å². The first kappa shape index (κ1) is 29.2. The molecule has 1 aliphatic heterocycles. The van der Waals surface area contributed by atoms with E-state index in [1.165, 1.54) is 18.2 Å². The number of aliphatic hydroxyl groups is 1. The average Bonchev–Trinajstić information content (AvgIpc) is 3.43. The van der Waals surface area contributed by atoms with Crippen LogP contribution >= 0.6 is 0 Å². The van der Waals surface area contributed by atoms with Gasteiger partial charge >= 0.3 is 6.16 Å². The Bertz CT molecular complexity index is 1350. The molecule has 9 heteroatoms. The lowest BCUT2D eigenvalue weighted by atomic mass is 9.43. The second-order valence-electron chi connectivity index (χ2n) is 13.3. The summed E-state index contributed by atoms with van der Waals surface area (Å²) < 4.78 is 43.6. The first-order valence-electron chi connectivity index (χ1n) is 15.0. The van der Waals surface area contributed by atoms with Crippen molar-refractivity contribution in [2.45, 2.75) is 64.5 Å². The van der Waals surface area contributed by atoms with Gasteiger partial charge in [0.25, 0.3) is 0 Å². The van der Waals surface area contributed by atoms with Gasteiger partial charge in [-0.3, -0.25) is 14.5 Å². The Hall–Kier alpha value is -2.91. The molecule has 1 aromatic rings. The van der Waals surface area contributed by atoms with Crippen LogP contribution in [0.4, 0.5) is 13.6 Å². The summed E-state index contributed by atoms with van der Waals surface area (Å²) in [6.45, 7) is 6.34. The maximum Gasteiger partial charge on any atom is 0.508 e. The molecule has 42 heavy (non-hydrogen) atoms. The second kappa shape index (κ2) is 10.1. The van der Waals surface area contributed by atoms with Gasteiger partial charge in [-0.2, -0.15) is 0 Å². The molecule has 0 radical (unpaired) electrons. The monoisotopic (exact) mass is 583 g/mol. The predicted octanol–water partition coefficient (Wildman–Crippen LogP) is 4.78. The maximum absolute atomic E-state index is 17.6. The van der Waals surface area contributed by atoms with Crippen LogP contribution in [0.25, 0.3) is 0 Å². The van der Waals surface area contributed by atoms with Gasteiger partial charge in [0.05, 0.1) is 18.1 Å². The lowest BCUT2D eigenvalue weighted by Crippen LogP contribution is -2.69. The largest absolute Gasteiger partial charge is 0.508 e. The van der Waals surface area contributed by atoms with E-state index < -0.39 is 58.8 Å². The van der Waals surface area contributed by atoms with Crippen molar-refractivity contribution < 1.29 is 37.7 Å². The summed E-state index contributed by atoms with van der Waals surface area (Å²) in [6, 6.07) is 9.91. The maximum atomic E-state index is 17.6. The van der Waals surface area contributed by atoms with E-state index in [-0.39, 0.29) is 42.5 Å². The van der Waals surface area contributed by atoms with Gasteiger partial charge in [0.2, 0.25) is 0 Å². The Morgan fingerprint density at radius 3 is 2.57 bits per heavy atom. The third-order valence-electron chi connectivity index (χ3n) is 11.6. The number of hydrogen-bond donors (Lipinski definition) is 1. The first-order chi connectivity index (χ1) is 19.9. The second-order valence-corrected chi connectivity index (χ2v) is 13.3. The van der Waals surface area contributed by atoms with Crippen molar-refractivity contribution in [2.75, 3.05) is 26.3 Å². The molecule has 5 aliphatic rings. The zero-order chi connectivity index (χ0) is 30.1. The minimum atomic E-state index is -2.21. The van der Waals surface area contributed by atoms with Gasteiger partial charge in [-0.1, -0.05) is 43.3 Å². The van der Waals surface area contributed by atoms with Crippen molar-refractivity contribution in [1.29, 1.82) is 0 Å². The zero-order valence-corrected chi connectivity index (χ0v) is 24.4. The molecule has 0 aromatic heterocycles. The molecule has 7 nitrogen and oxygen atoms in total. The number of ketones is 2. The van der Waals surface area contributed by atoms with Crippen LogP contribution < -0.4 is 0 Å². The quantitative estimate of drug-likeness (QED) is 0.482. The minimum absolute atomic E-state index is 0.00685. The molecular weight excluding hydrogens is 544 g/mol. The van der Waals surface area contributed by atoms with Gasteiger partial charge in [0.1, 0.15) is 6.17 Å². The highest BCUT2D eigenvalue weighted by Gasteiger charge is 2.78. The molecule has 1 aromatic carbocycles. The van der Waals surface area contributed by atoms with E-state index >= 15 is 8.78 Å². The summed E-state index contributed by atoms with van der Waals surface area (Å²) >= 11 is 0. The van der Waals surface area contributed by atoms with E-state index in [1.54, 1.807) is 13.8 Å². The fourth-order valence-corrected chi connectivity index (χ4v) is 9.75. The highest BCUT2D eigenvalue weighted by Crippen LogP contribution is 2.74. The van der Waals surface area contributed by atoms with Crippen molar-refractivity contribution in [3.63, 3.8) is 0 Å². The van der Waals surface area contributed by atoms with Crippen molar-refractivity contribution >= 4 is 17.7 Å². The number of rotatable bonds is 6. The Morgan fingerprint density at radius 2 is 1.86 bits per heavy atom. The summed E-state index contributed by atoms with van der Waals surface area (Å²) in [4.78, 5) is 40.7. The Morgan fingerprint density at radius 1 is 1.12 bits per heavy atom. The molecule has 4 aliphatic carbocycles. The number of benzene rings is 1. The van der Waals surface area contributed by atoms with Gasteiger partial charge in [0.15, 0.2) is 23.8 Å². The predicted molar refractivity (Wildman–Crippen MR) is 150 cm³/mol. The molecular formula is C33H39F2NO6. The fourth-order valence-electron chi connectivity index (χ4n) is 9.75. The highest BCUT2D eigenvalue weighted by molar-refractivity contribution is 6.01. The number of halogens is 2. The zero-order valence-electron chi connectivity index (χ0n) is 24.4. The van der Waals surface area contributed by atoms with E-state index in [9.17, 15) is 19.5 Å². The van der Waals surface area contributed by atoms with Crippen LogP contribution in [0.1, 0.15) is 45.6 Å². The Kier molecular flexibility index (Phi) is 7.00. The molecule has 3 saturated carbocycles. The molecule has 1 heterocycles. The lowest BCUT2D eigenvalue weighted by Gasteiger charge is -2.63. The van der Waals surface area contributed by atoms with E-state index in [2.05, 4.69) is 4.90 Å². The number of carbonyl (C=O) groups excluding carboxylic acids is 3. The summed E-state index contributed by atoms with van der Waals surface area (Å²) in [6.07, 6.45) is 0.229. The van der Waals surface area contributed by atoms with Crippen LogP contribution in [-0.4, -0.2) is 72.0 Å². The Labute approximate surface area is 244 Å². The van der Waals surface area contributed by atoms with Crippen LogP contribution in [0.2, 0.25) is 0 Å². The number of allylic oxidation sites excluding steroid dienone is 4. The molecule has 0 spiro atoms. The van der Waals surface area contributed by atoms with Gasteiger partial charge in [-0.15, -0.1) is 0 Å². The third kappa shape index (κ3) is 3.91. The van der Waals surface area contributed by atoms with Crippen LogP contribution in [0.5, 0.6) is 0 Å². The topological polar surface area (TPSA) is 93.1 Å². The van der Waals surface area contributed by atoms with Crippen molar-refractivity contribution in [3.8, 4) is 0 Å². The van der Waals surface area contributed by atoms with Crippen molar-refractivity contribution in [1.82, 2.24) is 4.90 Å². The first-order valence-corrected chi connectivity index (χ1v) is 15.0. The van der Waals surface area contributed by atoms with Crippen LogP contribution in [-0.2, 0) is 25.6 Å². The molecule has 226 valence electrons. The number of carbonyl (C=O) groups is 3. The van der Waals surface area contributed by atoms with Crippen molar-refractivity contribution in [3.05, 3.63) is 59.7 Å². The standard InChI is InChI=1S/C33H39F2NO6/c1-4-41-29(40)42-18-28(39)32-19-36(16-20-8-6-5-7-9-20)17-21(32)12-23-24-14-26(34)25-13-22(37)10-11-30(25,2)33(24,35)27(38)15-31(23,32)3/h5-11,13,21,23-24,26-27,38H,4,12,14-19H2,1-3H3/t21-,23-,24-,26-,27-,30-,31-,32+,33-/m0/s1. The number of nitrogens with zero attached hydrogens (tertiary/aromatic N) is 1. The number of fused-ring (bicyclic) bond motifs is 7. The Balaban J connectivity index is 1.39. The number of hydrogen-bond acceptors (Lipinski definition) is 7. The lowest BCUT2D eigenvalue weighted by molar-refractivity contribution is -0.212. The summed E-state index contributed by atoms with van der Waals surface area (Å²) in [5, 5.41) is 11.8. The molecule has 1 saturated heterocycles. The molecule has 0 unspecified atom stereocenters.